The zero-order valence-electron chi connectivity index (χ0n) is 22.5. The smallest absolute Gasteiger partial charge is 0.271 e. The number of hydrogen-bond acceptors (Lipinski definition) is 4. The zero-order valence-corrected chi connectivity index (χ0v) is 23.3. The predicted molar refractivity (Wildman–Crippen MR) is 157 cm³/mol. The molecule has 0 aromatic heterocycles. The summed E-state index contributed by atoms with van der Waals surface area (Å²) in [7, 11) is 0. The second-order valence-electron chi connectivity index (χ2n) is 8.89. The first-order valence-corrected chi connectivity index (χ1v) is 13.4. The fraction of sp³-hybridized carbons (Fsp3) is 0.355. The monoisotopic (exact) mass is 521 g/mol. The Hall–Kier alpha value is -3.31. The Morgan fingerprint density at radius 3 is 2.41 bits per heavy atom. The number of carbonyl (C=O) groups excluding carboxylic acids is 2. The molecule has 1 N–H and O–H groups in total. The number of amides is 1. The van der Waals surface area contributed by atoms with E-state index in [4.69, 9.17) is 11.6 Å². The largest absolute Gasteiger partial charge is 0.365 e. The maximum absolute atomic E-state index is 12.5. The summed E-state index contributed by atoms with van der Waals surface area (Å²) >= 11 is 6.08. The summed E-state index contributed by atoms with van der Waals surface area (Å²) in [5.41, 5.74) is 3.39. The van der Waals surface area contributed by atoms with Crippen molar-refractivity contribution in [3.05, 3.63) is 95.8 Å². The molecular weight excluding hydrogens is 482 g/mol. The van der Waals surface area contributed by atoms with Crippen molar-refractivity contribution in [1.29, 1.82) is 0 Å². The highest BCUT2D eigenvalue weighted by Crippen LogP contribution is 2.26. The third-order valence-corrected chi connectivity index (χ3v) is 6.43. The van der Waals surface area contributed by atoms with Crippen molar-refractivity contribution in [2.24, 2.45) is 0 Å². The molecule has 1 aliphatic heterocycles. The van der Waals surface area contributed by atoms with Gasteiger partial charge in [-0.15, -0.1) is 0 Å². The molecule has 0 spiro atoms. The summed E-state index contributed by atoms with van der Waals surface area (Å²) in [6.07, 6.45) is 9.60. The van der Waals surface area contributed by atoms with E-state index in [1.807, 2.05) is 49.1 Å². The van der Waals surface area contributed by atoms with Crippen LogP contribution in [0.1, 0.15) is 53.4 Å². The molecule has 198 valence electrons. The molecule has 1 aliphatic rings. The van der Waals surface area contributed by atoms with E-state index in [1.165, 1.54) is 12.1 Å². The average Bonchev–Trinajstić information content (AvgIpc) is 3.38. The van der Waals surface area contributed by atoms with Gasteiger partial charge in [0.1, 0.15) is 5.70 Å². The van der Waals surface area contributed by atoms with Crippen molar-refractivity contribution < 1.29 is 9.59 Å². The van der Waals surface area contributed by atoms with Gasteiger partial charge in [-0.3, -0.25) is 9.59 Å². The topological polar surface area (TPSA) is 52.7 Å². The van der Waals surface area contributed by atoms with Gasteiger partial charge in [0.2, 0.25) is 0 Å². The number of hydrogen-bond donors (Lipinski definition) is 1. The van der Waals surface area contributed by atoms with Crippen LogP contribution in [0.2, 0.25) is 5.02 Å². The van der Waals surface area contributed by atoms with Gasteiger partial charge in [0.15, 0.2) is 5.78 Å². The van der Waals surface area contributed by atoms with Crippen LogP contribution >= 0.6 is 11.6 Å². The molecule has 1 atom stereocenters. The zero-order chi connectivity index (χ0) is 27.2. The molecule has 1 amide bonds. The molecule has 5 nitrogen and oxygen atoms in total. The SMILES string of the molecule is C=C(CC)N(CCC)/C(=C\C)C(=O)Nc1ccccc1Cl.CC(=O)/C=C/[C@@H]1CCCN1c1ccccc1. The number of benzene rings is 2. The van der Waals surface area contributed by atoms with Gasteiger partial charge < -0.3 is 15.1 Å². The molecule has 0 bridgehead atoms. The number of halogens is 1. The van der Waals surface area contributed by atoms with Gasteiger partial charge in [-0.05, 0) is 69.9 Å². The number of ketones is 1. The van der Waals surface area contributed by atoms with Crippen LogP contribution in [0.3, 0.4) is 0 Å². The Bertz CT molecular complexity index is 1090. The first-order chi connectivity index (χ1) is 17.8. The Morgan fingerprint density at radius 1 is 1.14 bits per heavy atom. The van der Waals surface area contributed by atoms with Crippen molar-refractivity contribution in [2.45, 2.75) is 59.4 Å². The van der Waals surface area contributed by atoms with Crippen LogP contribution in [0.15, 0.2) is 90.8 Å². The molecule has 0 aliphatic carbocycles. The molecule has 2 aromatic carbocycles. The third-order valence-electron chi connectivity index (χ3n) is 6.10. The second kappa shape index (κ2) is 15.7. The van der Waals surface area contributed by atoms with Crippen molar-refractivity contribution in [3.63, 3.8) is 0 Å². The molecule has 1 fully saturated rings. The molecule has 2 aromatic rings. The lowest BCUT2D eigenvalue weighted by Gasteiger charge is -2.27. The van der Waals surface area contributed by atoms with E-state index in [0.717, 1.165) is 38.0 Å². The van der Waals surface area contributed by atoms with Gasteiger partial charge in [-0.1, -0.05) is 74.5 Å². The number of allylic oxidation sites excluding steroid dienone is 3. The fourth-order valence-corrected chi connectivity index (χ4v) is 4.38. The van der Waals surface area contributed by atoms with E-state index in [2.05, 4.69) is 48.0 Å². The summed E-state index contributed by atoms with van der Waals surface area (Å²) in [5.74, 6) is -0.0476. The van der Waals surface area contributed by atoms with E-state index in [9.17, 15) is 9.59 Å². The van der Waals surface area contributed by atoms with Crippen molar-refractivity contribution in [1.82, 2.24) is 4.90 Å². The quantitative estimate of drug-likeness (QED) is 0.327. The lowest BCUT2D eigenvalue weighted by atomic mass is 10.2. The molecule has 0 saturated carbocycles. The molecular formula is C31H40ClN3O2. The van der Waals surface area contributed by atoms with Crippen LogP contribution in [0.4, 0.5) is 11.4 Å². The molecule has 3 rings (SSSR count). The van der Waals surface area contributed by atoms with Gasteiger partial charge in [0.25, 0.3) is 5.91 Å². The molecule has 1 saturated heterocycles. The average molecular weight is 522 g/mol. The maximum Gasteiger partial charge on any atom is 0.271 e. The number of anilines is 2. The fourth-order valence-electron chi connectivity index (χ4n) is 4.20. The maximum atomic E-state index is 12.5. The van der Waals surface area contributed by atoms with Crippen LogP contribution in [-0.2, 0) is 9.59 Å². The lowest BCUT2D eigenvalue weighted by Crippen LogP contribution is -2.30. The molecule has 0 radical (unpaired) electrons. The van der Waals surface area contributed by atoms with Crippen LogP contribution < -0.4 is 10.2 Å². The lowest BCUT2D eigenvalue weighted by molar-refractivity contribution is -0.114. The van der Waals surface area contributed by atoms with Gasteiger partial charge >= 0.3 is 0 Å². The van der Waals surface area contributed by atoms with Gasteiger partial charge in [0, 0.05) is 30.5 Å². The summed E-state index contributed by atoms with van der Waals surface area (Å²) in [6, 6.07) is 18.0. The number of carbonyl (C=O) groups is 2. The first kappa shape index (κ1) is 29.9. The van der Waals surface area contributed by atoms with Crippen LogP contribution in [0.5, 0.6) is 0 Å². The van der Waals surface area contributed by atoms with Crippen LogP contribution in [0, 0.1) is 0 Å². The standard InChI is InChI=1S/C17H23ClN2O.C14H17NO/c1-5-12-20(13(4)6-2)16(7-3)17(21)19-15-11-9-8-10-14(15)18;1-12(16)9-10-14-8-5-11-15(14)13-6-3-2-4-7-13/h7-11H,4-6,12H2,1-3H3,(H,19,21);2-4,6-7,9-10,14H,5,8,11H2,1H3/b16-7-;10-9+/t;14-/m.0/s1. The van der Waals surface area contributed by atoms with Gasteiger partial charge in [0.05, 0.1) is 10.7 Å². The minimum Gasteiger partial charge on any atom is -0.365 e. The highest BCUT2D eigenvalue weighted by atomic mass is 35.5. The highest BCUT2D eigenvalue weighted by Gasteiger charge is 2.22. The minimum absolute atomic E-state index is 0.125. The first-order valence-electron chi connectivity index (χ1n) is 13.0. The predicted octanol–water partition coefficient (Wildman–Crippen LogP) is 7.62. The van der Waals surface area contributed by atoms with E-state index in [1.54, 1.807) is 25.1 Å². The van der Waals surface area contributed by atoms with Gasteiger partial charge in [-0.2, -0.15) is 0 Å². The Morgan fingerprint density at radius 2 is 1.81 bits per heavy atom. The number of nitrogens with zero attached hydrogens (tertiary/aromatic N) is 2. The van der Waals surface area contributed by atoms with Crippen molar-refractivity contribution in [2.75, 3.05) is 23.3 Å². The van der Waals surface area contributed by atoms with Crippen molar-refractivity contribution >= 4 is 34.7 Å². The number of rotatable bonds is 10. The van der Waals surface area contributed by atoms with Crippen LogP contribution in [0.25, 0.3) is 0 Å². The van der Waals surface area contributed by atoms with Gasteiger partial charge in [-0.25, -0.2) is 0 Å². The van der Waals surface area contributed by atoms with E-state index in [0.29, 0.717) is 22.4 Å². The summed E-state index contributed by atoms with van der Waals surface area (Å²) in [6.45, 7) is 13.5. The summed E-state index contributed by atoms with van der Waals surface area (Å²) < 4.78 is 0. The normalized spacial score (nSPS) is 15.2. The second-order valence-corrected chi connectivity index (χ2v) is 9.29. The number of nitrogens with one attached hydrogen (secondary N) is 1. The molecule has 0 unspecified atom stereocenters. The Labute approximate surface area is 227 Å². The molecule has 1 heterocycles. The number of para-hydroxylation sites is 2. The summed E-state index contributed by atoms with van der Waals surface area (Å²) in [4.78, 5) is 27.8. The third kappa shape index (κ3) is 9.25. The van der Waals surface area contributed by atoms with E-state index < -0.39 is 0 Å². The highest BCUT2D eigenvalue weighted by molar-refractivity contribution is 6.33. The summed E-state index contributed by atoms with van der Waals surface area (Å²) in [5, 5.41) is 3.38. The van der Waals surface area contributed by atoms with Crippen molar-refractivity contribution in [3.8, 4) is 0 Å². The van der Waals surface area contributed by atoms with E-state index >= 15 is 0 Å². The molecule has 37 heavy (non-hydrogen) atoms. The Balaban J connectivity index is 0.000000269. The molecule has 6 heteroatoms. The Kier molecular flexibility index (Phi) is 12.7. The van der Waals surface area contributed by atoms with E-state index in [-0.39, 0.29) is 11.7 Å². The van der Waals surface area contributed by atoms with Crippen LogP contribution in [-0.4, -0.2) is 35.7 Å². The minimum atomic E-state index is -0.173.